The first-order valence-electron chi connectivity index (χ1n) is 6.22. The molecular formula is C14H22N2O. The average molecular weight is 234 g/mol. The molecule has 0 saturated carbocycles. The van der Waals surface area contributed by atoms with Gasteiger partial charge in [-0.1, -0.05) is 29.3 Å². The van der Waals surface area contributed by atoms with Crippen molar-refractivity contribution < 1.29 is 4.74 Å². The molecule has 94 valence electrons. The highest BCUT2D eigenvalue weighted by Crippen LogP contribution is 2.29. The van der Waals surface area contributed by atoms with Crippen LogP contribution in [0.25, 0.3) is 0 Å². The topological polar surface area (TPSA) is 38.5 Å². The molecule has 0 aromatic heterocycles. The van der Waals surface area contributed by atoms with Gasteiger partial charge in [0, 0.05) is 13.1 Å². The summed E-state index contributed by atoms with van der Waals surface area (Å²) in [6.45, 7) is 6.59. The Kier molecular flexibility index (Phi) is 3.82. The van der Waals surface area contributed by atoms with Gasteiger partial charge in [-0.15, -0.1) is 0 Å². The van der Waals surface area contributed by atoms with Gasteiger partial charge in [0.2, 0.25) is 0 Å². The van der Waals surface area contributed by atoms with Crippen LogP contribution < -0.4 is 5.73 Å². The van der Waals surface area contributed by atoms with Gasteiger partial charge in [-0.2, -0.15) is 0 Å². The van der Waals surface area contributed by atoms with Gasteiger partial charge in [0.1, 0.15) is 0 Å². The molecule has 2 atom stereocenters. The molecule has 17 heavy (non-hydrogen) atoms. The molecule has 0 amide bonds. The monoisotopic (exact) mass is 234 g/mol. The van der Waals surface area contributed by atoms with Gasteiger partial charge in [-0.25, -0.2) is 0 Å². The maximum absolute atomic E-state index is 5.82. The Morgan fingerprint density at radius 1 is 1.29 bits per heavy atom. The van der Waals surface area contributed by atoms with Crippen LogP contribution in [0.5, 0.6) is 0 Å². The largest absolute Gasteiger partial charge is 0.374 e. The molecular weight excluding hydrogens is 212 g/mol. The molecule has 0 radical (unpaired) electrons. The van der Waals surface area contributed by atoms with E-state index in [9.17, 15) is 0 Å². The van der Waals surface area contributed by atoms with Crippen molar-refractivity contribution in [2.24, 2.45) is 5.73 Å². The van der Waals surface area contributed by atoms with Crippen molar-refractivity contribution in [1.82, 2.24) is 4.90 Å². The molecule has 2 rings (SSSR count). The van der Waals surface area contributed by atoms with Crippen LogP contribution in [0, 0.1) is 13.8 Å². The first-order chi connectivity index (χ1) is 8.11. The highest BCUT2D eigenvalue weighted by molar-refractivity contribution is 5.31. The maximum atomic E-state index is 5.82. The van der Waals surface area contributed by atoms with E-state index in [-0.39, 0.29) is 12.1 Å². The van der Waals surface area contributed by atoms with Gasteiger partial charge >= 0.3 is 0 Å². The molecule has 2 N–H and O–H groups in total. The van der Waals surface area contributed by atoms with Gasteiger partial charge in [-0.05, 0) is 26.5 Å². The minimum atomic E-state index is 0.106. The maximum Gasteiger partial charge on any atom is 0.0894 e. The van der Waals surface area contributed by atoms with E-state index in [0.29, 0.717) is 6.54 Å². The van der Waals surface area contributed by atoms with Crippen molar-refractivity contribution in [3.8, 4) is 0 Å². The van der Waals surface area contributed by atoms with Crippen LogP contribution >= 0.6 is 0 Å². The third-order valence-corrected chi connectivity index (χ3v) is 3.42. The number of rotatable bonds is 2. The van der Waals surface area contributed by atoms with Gasteiger partial charge in [0.05, 0.1) is 18.8 Å². The Balaban J connectivity index is 2.34. The third kappa shape index (κ3) is 2.68. The zero-order valence-corrected chi connectivity index (χ0v) is 10.9. The SMILES string of the molecule is Cc1cc(C)cc(C2C(CN)OCCN2C)c1. The number of ether oxygens (including phenoxy) is 1. The van der Waals surface area contributed by atoms with E-state index in [1.807, 2.05) is 0 Å². The van der Waals surface area contributed by atoms with Gasteiger partial charge in [-0.3, -0.25) is 4.90 Å². The molecule has 3 heteroatoms. The van der Waals surface area contributed by atoms with Gasteiger partial charge in [0.25, 0.3) is 0 Å². The second kappa shape index (κ2) is 5.17. The van der Waals surface area contributed by atoms with E-state index < -0.39 is 0 Å². The van der Waals surface area contributed by atoms with E-state index >= 15 is 0 Å². The minimum absolute atomic E-state index is 0.106. The fourth-order valence-corrected chi connectivity index (χ4v) is 2.71. The molecule has 1 heterocycles. The highest BCUT2D eigenvalue weighted by Gasteiger charge is 2.30. The summed E-state index contributed by atoms with van der Waals surface area (Å²) in [7, 11) is 2.15. The first-order valence-corrected chi connectivity index (χ1v) is 6.22. The van der Waals surface area contributed by atoms with E-state index in [1.165, 1.54) is 16.7 Å². The van der Waals surface area contributed by atoms with Crippen molar-refractivity contribution >= 4 is 0 Å². The summed E-state index contributed by atoms with van der Waals surface area (Å²) >= 11 is 0. The lowest BCUT2D eigenvalue weighted by Crippen LogP contribution is -2.46. The molecule has 0 spiro atoms. The summed E-state index contributed by atoms with van der Waals surface area (Å²) in [6, 6.07) is 6.97. The number of nitrogens with two attached hydrogens (primary N) is 1. The van der Waals surface area contributed by atoms with Crippen molar-refractivity contribution in [3.05, 3.63) is 34.9 Å². The molecule has 1 saturated heterocycles. The van der Waals surface area contributed by atoms with Crippen LogP contribution in [0.1, 0.15) is 22.7 Å². The molecule has 1 aromatic carbocycles. The summed E-state index contributed by atoms with van der Waals surface area (Å²) < 4.78 is 5.78. The normalized spacial score (nSPS) is 26.1. The smallest absolute Gasteiger partial charge is 0.0894 e. The zero-order chi connectivity index (χ0) is 12.4. The molecule has 0 aliphatic carbocycles. The van der Waals surface area contributed by atoms with Crippen LogP contribution in [0.4, 0.5) is 0 Å². The van der Waals surface area contributed by atoms with Crippen LogP contribution in [-0.4, -0.2) is 37.7 Å². The average Bonchev–Trinajstić information content (AvgIpc) is 2.27. The van der Waals surface area contributed by atoms with E-state index in [1.54, 1.807) is 0 Å². The van der Waals surface area contributed by atoms with Crippen LogP contribution in [0.15, 0.2) is 18.2 Å². The number of nitrogens with zero attached hydrogens (tertiary/aromatic N) is 1. The lowest BCUT2D eigenvalue weighted by atomic mass is 9.95. The summed E-state index contributed by atoms with van der Waals surface area (Å²) in [5.74, 6) is 0. The third-order valence-electron chi connectivity index (χ3n) is 3.42. The predicted molar refractivity (Wildman–Crippen MR) is 70.1 cm³/mol. The number of hydrogen-bond donors (Lipinski definition) is 1. The Labute approximate surface area is 104 Å². The number of benzene rings is 1. The fourth-order valence-electron chi connectivity index (χ4n) is 2.71. The Bertz CT molecular complexity index is 372. The molecule has 0 bridgehead atoms. The molecule has 1 aliphatic heterocycles. The van der Waals surface area contributed by atoms with Crippen LogP contribution in [0.3, 0.4) is 0 Å². The second-order valence-corrected chi connectivity index (χ2v) is 4.99. The Morgan fingerprint density at radius 2 is 1.94 bits per heavy atom. The number of morpholine rings is 1. The predicted octanol–water partition coefficient (Wildman–Crippen LogP) is 1.63. The van der Waals surface area contributed by atoms with Crippen molar-refractivity contribution in [3.63, 3.8) is 0 Å². The molecule has 3 nitrogen and oxygen atoms in total. The zero-order valence-electron chi connectivity index (χ0n) is 10.9. The standard InChI is InChI=1S/C14H22N2O/c1-10-6-11(2)8-12(7-10)14-13(9-15)17-5-4-16(14)3/h6-8,13-14H,4-5,9,15H2,1-3H3. The first kappa shape index (κ1) is 12.6. The Morgan fingerprint density at radius 3 is 2.53 bits per heavy atom. The lowest BCUT2D eigenvalue weighted by molar-refractivity contribution is -0.0576. The van der Waals surface area contributed by atoms with Crippen molar-refractivity contribution in [1.29, 1.82) is 0 Å². The summed E-state index contributed by atoms with van der Waals surface area (Å²) in [6.07, 6.45) is 0.106. The lowest BCUT2D eigenvalue weighted by Gasteiger charge is -2.39. The van der Waals surface area contributed by atoms with E-state index in [0.717, 1.165) is 13.2 Å². The number of aryl methyl sites for hydroxylation is 2. The molecule has 1 aromatic rings. The number of likely N-dealkylation sites (N-methyl/N-ethyl adjacent to an activating group) is 1. The molecule has 2 unspecified atom stereocenters. The fraction of sp³-hybridized carbons (Fsp3) is 0.571. The highest BCUT2D eigenvalue weighted by atomic mass is 16.5. The summed E-state index contributed by atoms with van der Waals surface area (Å²) in [5, 5.41) is 0. The quantitative estimate of drug-likeness (QED) is 0.845. The van der Waals surface area contributed by atoms with Crippen LogP contribution in [-0.2, 0) is 4.74 Å². The minimum Gasteiger partial charge on any atom is -0.374 e. The molecule has 1 fully saturated rings. The van der Waals surface area contributed by atoms with Gasteiger partial charge < -0.3 is 10.5 Å². The summed E-state index contributed by atoms with van der Waals surface area (Å²) in [4.78, 5) is 2.34. The Hall–Kier alpha value is -0.900. The summed E-state index contributed by atoms with van der Waals surface area (Å²) in [5.41, 5.74) is 9.74. The van der Waals surface area contributed by atoms with E-state index in [4.69, 9.17) is 10.5 Å². The number of hydrogen-bond acceptors (Lipinski definition) is 3. The molecule has 1 aliphatic rings. The van der Waals surface area contributed by atoms with Crippen LogP contribution in [0.2, 0.25) is 0 Å². The van der Waals surface area contributed by atoms with E-state index in [2.05, 4.69) is 44.0 Å². The second-order valence-electron chi connectivity index (χ2n) is 4.99. The van der Waals surface area contributed by atoms with Crippen molar-refractivity contribution in [2.45, 2.75) is 26.0 Å². The van der Waals surface area contributed by atoms with Crippen molar-refractivity contribution in [2.75, 3.05) is 26.7 Å². The van der Waals surface area contributed by atoms with Gasteiger partial charge in [0.15, 0.2) is 0 Å².